The maximum atomic E-state index is 12.2. The van der Waals surface area contributed by atoms with E-state index in [0.29, 0.717) is 17.5 Å². The van der Waals surface area contributed by atoms with Crippen LogP contribution in [-0.2, 0) is 0 Å². The van der Waals surface area contributed by atoms with E-state index in [4.69, 9.17) is 4.74 Å². The normalized spacial score (nSPS) is 20.9. The zero-order valence-electron chi connectivity index (χ0n) is 10.6. The second-order valence-corrected chi connectivity index (χ2v) is 4.68. The van der Waals surface area contributed by atoms with Crippen LogP contribution in [0, 0.1) is 5.92 Å². The van der Waals surface area contributed by atoms with Crippen molar-refractivity contribution >= 4 is 5.78 Å². The smallest absolute Gasteiger partial charge is 0.233 e. The number of ether oxygens (including phenoxy) is 1. The van der Waals surface area contributed by atoms with E-state index < -0.39 is 0 Å². The molecule has 1 aromatic carbocycles. The van der Waals surface area contributed by atoms with Crippen LogP contribution in [0.15, 0.2) is 42.5 Å². The van der Waals surface area contributed by atoms with Crippen LogP contribution >= 0.6 is 0 Å². The van der Waals surface area contributed by atoms with Crippen LogP contribution in [0.25, 0.3) is 0 Å². The molecular weight excluding hydrogens is 240 g/mol. The van der Waals surface area contributed by atoms with Gasteiger partial charge in [0, 0.05) is 12.0 Å². The zero-order chi connectivity index (χ0) is 13.2. The number of hydrogen-bond acceptors (Lipinski definition) is 4. The van der Waals surface area contributed by atoms with Gasteiger partial charge in [-0.2, -0.15) is 0 Å². The Morgan fingerprint density at radius 3 is 2.58 bits per heavy atom. The number of carbonyl (C=O) groups excluding carboxylic acids is 1. The third-order valence-electron chi connectivity index (χ3n) is 3.46. The predicted molar refractivity (Wildman–Crippen MR) is 70.2 cm³/mol. The highest BCUT2D eigenvalue weighted by atomic mass is 16.5. The van der Waals surface area contributed by atoms with Gasteiger partial charge in [0.25, 0.3) is 0 Å². The molecule has 0 amide bonds. The van der Waals surface area contributed by atoms with E-state index >= 15 is 0 Å². The average Bonchev–Trinajstić information content (AvgIpc) is 3.28. The highest BCUT2D eigenvalue weighted by Gasteiger charge is 2.44. The number of Topliss-reactive ketones (excluding diaryl/α,β-unsaturated/α-hetero) is 1. The summed E-state index contributed by atoms with van der Waals surface area (Å²) in [6.07, 6.45) is 0.899. The Bertz CT molecular complexity index is 581. The molecule has 3 rings (SSSR count). The fraction of sp³-hybridized carbons (Fsp3) is 0.267. The van der Waals surface area contributed by atoms with Crippen molar-refractivity contribution < 1.29 is 9.53 Å². The monoisotopic (exact) mass is 254 g/mol. The molecule has 2 unspecified atom stereocenters. The van der Waals surface area contributed by atoms with E-state index in [-0.39, 0.29) is 11.7 Å². The molecule has 1 aliphatic carbocycles. The first-order valence-corrected chi connectivity index (χ1v) is 6.26. The molecule has 0 bridgehead atoms. The van der Waals surface area contributed by atoms with Crippen LogP contribution in [-0.4, -0.2) is 23.1 Å². The van der Waals surface area contributed by atoms with Crippen molar-refractivity contribution in [1.82, 2.24) is 10.2 Å². The standard InChI is InChI=1S/C15H14N2O2/c1-19-14-8-7-13(16-17-14)15(18)12-9-11(12)10-5-3-2-4-6-10/h2-8,11-12H,9H2,1H3. The summed E-state index contributed by atoms with van der Waals surface area (Å²) in [6, 6.07) is 13.5. The summed E-state index contributed by atoms with van der Waals surface area (Å²) in [5.74, 6) is 0.874. The SMILES string of the molecule is COc1ccc(C(=O)C2CC2c2ccccc2)nn1. The maximum absolute atomic E-state index is 12.2. The quantitative estimate of drug-likeness (QED) is 0.786. The summed E-state index contributed by atoms with van der Waals surface area (Å²) >= 11 is 0. The average molecular weight is 254 g/mol. The largest absolute Gasteiger partial charge is 0.480 e. The second-order valence-electron chi connectivity index (χ2n) is 4.68. The van der Waals surface area contributed by atoms with Crippen molar-refractivity contribution in [3.8, 4) is 5.88 Å². The van der Waals surface area contributed by atoms with E-state index in [2.05, 4.69) is 22.3 Å². The Labute approximate surface area is 111 Å². The lowest BCUT2D eigenvalue weighted by molar-refractivity contribution is 0.0959. The van der Waals surface area contributed by atoms with Gasteiger partial charge >= 0.3 is 0 Å². The first kappa shape index (κ1) is 11.8. The lowest BCUT2D eigenvalue weighted by Gasteiger charge is -2.01. The Balaban J connectivity index is 1.72. The second kappa shape index (κ2) is 4.80. The van der Waals surface area contributed by atoms with Gasteiger partial charge in [0.05, 0.1) is 7.11 Å². The first-order chi connectivity index (χ1) is 9.29. The van der Waals surface area contributed by atoms with Gasteiger partial charge in [0.1, 0.15) is 5.69 Å². The summed E-state index contributed by atoms with van der Waals surface area (Å²) < 4.78 is 4.93. The number of nitrogens with zero attached hydrogens (tertiary/aromatic N) is 2. The highest BCUT2D eigenvalue weighted by Crippen LogP contribution is 2.48. The molecule has 0 spiro atoms. The fourth-order valence-electron chi connectivity index (χ4n) is 2.30. The molecular formula is C15H14N2O2. The van der Waals surface area contributed by atoms with Crippen molar-refractivity contribution in [1.29, 1.82) is 0 Å². The van der Waals surface area contributed by atoms with Gasteiger partial charge in [0.2, 0.25) is 5.88 Å². The molecule has 1 aromatic heterocycles. The van der Waals surface area contributed by atoms with E-state index in [9.17, 15) is 4.79 Å². The van der Waals surface area contributed by atoms with Gasteiger partial charge in [-0.3, -0.25) is 4.79 Å². The number of benzene rings is 1. The molecule has 4 heteroatoms. The molecule has 0 aliphatic heterocycles. The minimum atomic E-state index is 0.0464. The Kier molecular flexibility index (Phi) is 2.99. The summed E-state index contributed by atoms with van der Waals surface area (Å²) in [5, 5.41) is 7.75. The van der Waals surface area contributed by atoms with Gasteiger partial charge in [-0.25, -0.2) is 0 Å². The minimum Gasteiger partial charge on any atom is -0.480 e. The van der Waals surface area contributed by atoms with Crippen LogP contribution in [0.5, 0.6) is 5.88 Å². The van der Waals surface area contributed by atoms with Crippen LogP contribution in [0.4, 0.5) is 0 Å². The maximum Gasteiger partial charge on any atom is 0.233 e. The molecule has 2 aromatic rings. The summed E-state index contributed by atoms with van der Waals surface area (Å²) in [7, 11) is 1.53. The molecule has 0 N–H and O–H groups in total. The van der Waals surface area contributed by atoms with E-state index in [1.54, 1.807) is 12.1 Å². The number of ketones is 1. The number of carbonyl (C=O) groups is 1. The Hall–Kier alpha value is -2.23. The fourth-order valence-corrected chi connectivity index (χ4v) is 2.30. The van der Waals surface area contributed by atoms with E-state index in [1.807, 2.05) is 18.2 Å². The van der Waals surface area contributed by atoms with Gasteiger partial charge in [0.15, 0.2) is 5.78 Å². The third-order valence-corrected chi connectivity index (χ3v) is 3.46. The molecule has 1 heterocycles. The molecule has 19 heavy (non-hydrogen) atoms. The molecule has 0 saturated heterocycles. The first-order valence-electron chi connectivity index (χ1n) is 6.26. The highest BCUT2D eigenvalue weighted by molar-refractivity contribution is 5.98. The summed E-state index contributed by atoms with van der Waals surface area (Å²) in [4.78, 5) is 12.2. The van der Waals surface area contributed by atoms with Crippen molar-refractivity contribution in [2.45, 2.75) is 12.3 Å². The number of rotatable bonds is 4. The van der Waals surface area contributed by atoms with Crippen LogP contribution in [0.2, 0.25) is 0 Å². The van der Waals surface area contributed by atoms with Crippen molar-refractivity contribution in [3.05, 3.63) is 53.7 Å². The molecule has 1 fully saturated rings. The molecule has 96 valence electrons. The third kappa shape index (κ3) is 2.34. The van der Waals surface area contributed by atoms with Crippen LogP contribution in [0.3, 0.4) is 0 Å². The lowest BCUT2D eigenvalue weighted by Crippen LogP contribution is -2.07. The molecule has 4 nitrogen and oxygen atoms in total. The molecule has 1 saturated carbocycles. The van der Waals surface area contributed by atoms with Crippen LogP contribution < -0.4 is 4.74 Å². The molecule has 1 aliphatic rings. The van der Waals surface area contributed by atoms with Gasteiger partial charge < -0.3 is 4.74 Å². The molecule has 0 radical (unpaired) electrons. The van der Waals surface area contributed by atoms with E-state index in [1.165, 1.54) is 12.7 Å². The number of methoxy groups -OCH3 is 1. The zero-order valence-corrected chi connectivity index (χ0v) is 10.6. The molecule has 2 atom stereocenters. The predicted octanol–water partition coefficient (Wildman–Crippen LogP) is 2.47. The van der Waals surface area contributed by atoms with Gasteiger partial charge in [-0.1, -0.05) is 30.3 Å². The van der Waals surface area contributed by atoms with Gasteiger partial charge in [-0.05, 0) is 24.0 Å². The number of hydrogen-bond donors (Lipinski definition) is 0. The van der Waals surface area contributed by atoms with Crippen LogP contribution in [0.1, 0.15) is 28.4 Å². The topological polar surface area (TPSA) is 52.1 Å². The summed E-state index contributed by atoms with van der Waals surface area (Å²) in [6.45, 7) is 0. The minimum absolute atomic E-state index is 0.0464. The Morgan fingerprint density at radius 1 is 1.16 bits per heavy atom. The van der Waals surface area contributed by atoms with Crippen molar-refractivity contribution in [2.24, 2.45) is 5.92 Å². The lowest BCUT2D eigenvalue weighted by atomic mass is 10.1. The van der Waals surface area contributed by atoms with Crippen molar-refractivity contribution in [3.63, 3.8) is 0 Å². The van der Waals surface area contributed by atoms with E-state index in [0.717, 1.165) is 6.42 Å². The summed E-state index contributed by atoms with van der Waals surface area (Å²) in [5.41, 5.74) is 1.64. The number of aromatic nitrogens is 2. The Morgan fingerprint density at radius 2 is 1.95 bits per heavy atom. The van der Waals surface area contributed by atoms with Crippen molar-refractivity contribution in [2.75, 3.05) is 7.11 Å². The van der Waals surface area contributed by atoms with Gasteiger partial charge in [-0.15, -0.1) is 10.2 Å².